The van der Waals surface area contributed by atoms with Crippen LogP contribution in [0.4, 0.5) is 0 Å². The maximum Gasteiger partial charge on any atom is 0.164 e. The van der Waals surface area contributed by atoms with Gasteiger partial charge in [-0.15, -0.1) is 0 Å². The van der Waals surface area contributed by atoms with Crippen LogP contribution in [0.3, 0.4) is 0 Å². The van der Waals surface area contributed by atoms with Crippen molar-refractivity contribution in [3.63, 3.8) is 0 Å². The van der Waals surface area contributed by atoms with Gasteiger partial charge in [-0.05, 0) is 95.0 Å². The summed E-state index contributed by atoms with van der Waals surface area (Å²) < 4.78 is 0. The zero-order valence-corrected chi connectivity index (χ0v) is 32.7. The van der Waals surface area contributed by atoms with E-state index in [1.165, 1.54) is 54.9 Å². The van der Waals surface area contributed by atoms with Crippen LogP contribution in [0, 0.1) is 0 Å². The summed E-state index contributed by atoms with van der Waals surface area (Å²) in [7, 11) is 0. The fourth-order valence-electron chi connectivity index (χ4n) is 8.38. The molecule has 0 atom stereocenters. The van der Waals surface area contributed by atoms with Gasteiger partial charge in [-0.2, -0.15) is 0 Å². The summed E-state index contributed by atoms with van der Waals surface area (Å²) >= 11 is 0. The standard InChI is InChI=1S/C57H37N3/c1-3-11-38(12-4-1)45-29-30-47-36-49(32-31-46(47)35-45)56-58-55(59-57(60-56)50-33-34-54-48(37-50)17-10-20-52(54)41-13-5-2-6-14-41)44-27-23-40(24-28-44)39-21-25-43(26-22-39)53-19-9-16-42-15-7-8-18-51(42)53/h1-37H. The van der Waals surface area contributed by atoms with Gasteiger partial charge in [-0.3, -0.25) is 0 Å². The molecule has 0 bridgehead atoms. The number of benzene rings is 10. The molecule has 0 fully saturated rings. The van der Waals surface area contributed by atoms with Crippen LogP contribution in [0.15, 0.2) is 224 Å². The first-order valence-electron chi connectivity index (χ1n) is 20.3. The molecule has 0 aliphatic rings. The number of rotatable bonds is 7. The molecule has 0 saturated heterocycles. The molecule has 0 N–H and O–H groups in total. The van der Waals surface area contributed by atoms with Crippen molar-refractivity contribution in [1.29, 1.82) is 0 Å². The topological polar surface area (TPSA) is 38.7 Å². The van der Waals surface area contributed by atoms with E-state index < -0.39 is 0 Å². The Morgan fingerprint density at radius 2 is 0.583 bits per heavy atom. The lowest BCUT2D eigenvalue weighted by Crippen LogP contribution is -2.00. The van der Waals surface area contributed by atoms with Gasteiger partial charge in [0.15, 0.2) is 17.5 Å². The predicted octanol–water partition coefficient (Wildman–Crippen LogP) is 15.0. The quantitative estimate of drug-likeness (QED) is 0.162. The Kier molecular flexibility index (Phi) is 8.83. The van der Waals surface area contributed by atoms with E-state index in [2.05, 4.69) is 218 Å². The van der Waals surface area contributed by atoms with Gasteiger partial charge in [0, 0.05) is 16.7 Å². The van der Waals surface area contributed by atoms with Crippen LogP contribution in [0.5, 0.6) is 0 Å². The number of hydrogen-bond donors (Lipinski definition) is 0. The summed E-state index contributed by atoms with van der Waals surface area (Å²) in [4.78, 5) is 15.4. The van der Waals surface area contributed by atoms with Gasteiger partial charge in [0.1, 0.15) is 0 Å². The predicted molar refractivity (Wildman–Crippen MR) is 250 cm³/mol. The van der Waals surface area contributed by atoms with Gasteiger partial charge in [0.05, 0.1) is 0 Å². The van der Waals surface area contributed by atoms with E-state index in [1.54, 1.807) is 0 Å². The molecule has 1 heterocycles. The third-order valence-corrected chi connectivity index (χ3v) is 11.5. The summed E-state index contributed by atoms with van der Waals surface area (Å²) in [6, 6.07) is 79.6. The molecule has 3 nitrogen and oxygen atoms in total. The van der Waals surface area contributed by atoms with E-state index in [-0.39, 0.29) is 0 Å². The van der Waals surface area contributed by atoms with Crippen LogP contribution in [-0.2, 0) is 0 Å². The molecule has 3 heteroatoms. The van der Waals surface area contributed by atoms with Crippen molar-refractivity contribution in [3.8, 4) is 78.7 Å². The molecule has 0 aliphatic heterocycles. The number of aromatic nitrogens is 3. The molecule has 0 radical (unpaired) electrons. The SMILES string of the molecule is c1ccc(-c2ccc3cc(-c4nc(-c5ccc(-c6ccc(-c7cccc8ccccc78)cc6)cc5)nc(-c5ccc6c(-c7ccccc7)cccc6c5)n4)ccc3c2)cc1. The second-order valence-electron chi connectivity index (χ2n) is 15.2. The minimum atomic E-state index is 0.630. The summed E-state index contributed by atoms with van der Waals surface area (Å²) in [5.74, 6) is 1.90. The van der Waals surface area contributed by atoms with Crippen LogP contribution in [0.1, 0.15) is 0 Å². The average Bonchev–Trinajstić information content (AvgIpc) is 3.33. The van der Waals surface area contributed by atoms with Crippen LogP contribution < -0.4 is 0 Å². The highest BCUT2D eigenvalue weighted by molar-refractivity contribution is 5.99. The summed E-state index contributed by atoms with van der Waals surface area (Å²) in [6.07, 6.45) is 0. The van der Waals surface area contributed by atoms with Gasteiger partial charge in [0.25, 0.3) is 0 Å². The van der Waals surface area contributed by atoms with Crippen molar-refractivity contribution in [2.45, 2.75) is 0 Å². The lowest BCUT2D eigenvalue weighted by molar-refractivity contribution is 1.08. The first-order chi connectivity index (χ1) is 29.7. The second kappa shape index (κ2) is 15.1. The number of nitrogens with zero attached hydrogens (tertiary/aromatic N) is 3. The average molecular weight is 764 g/mol. The van der Waals surface area contributed by atoms with E-state index in [1.807, 2.05) is 6.07 Å². The van der Waals surface area contributed by atoms with Gasteiger partial charge in [0.2, 0.25) is 0 Å². The van der Waals surface area contributed by atoms with Crippen molar-refractivity contribution in [3.05, 3.63) is 224 Å². The number of fused-ring (bicyclic) bond motifs is 3. The second-order valence-corrected chi connectivity index (χ2v) is 15.2. The highest BCUT2D eigenvalue weighted by Gasteiger charge is 2.15. The molecule has 0 amide bonds. The lowest BCUT2D eigenvalue weighted by Gasteiger charge is -2.12. The molecule has 0 saturated carbocycles. The van der Waals surface area contributed by atoms with E-state index in [0.29, 0.717) is 17.5 Å². The molecule has 0 aliphatic carbocycles. The molecular formula is C57H37N3. The molecule has 11 aromatic rings. The van der Waals surface area contributed by atoms with Gasteiger partial charge < -0.3 is 0 Å². The Morgan fingerprint density at radius 1 is 0.200 bits per heavy atom. The van der Waals surface area contributed by atoms with Gasteiger partial charge in [-0.25, -0.2) is 15.0 Å². The summed E-state index contributed by atoms with van der Waals surface area (Å²) in [5.41, 5.74) is 12.3. The molecular weight excluding hydrogens is 727 g/mol. The largest absolute Gasteiger partial charge is 0.208 e. The fraction of sp³-hybridized carbons (Fsp3) is 0. The Labute approximate surface area is 349 Å². The van der Waals surface area contributed by atoms with Crippen LogP contribution in [0.2, 0.25) is 0 Å². The Hall–Kier alpha value is -8.01. The third-order valence-electron chi connectivity index (χ3n) is 11.5. The first-order valence-corrected chi connectivity index (χ1v) is 20.3. The van der Waals surface area contributed by atoms with Crippen LogP contribution in [0.25, 0.3) is 111 Å². The lowest BCUT2D eigenvalue weighted by atomic mass is 9.96. The smallest absolute Gasteiger partial charge is 0.164 e. The van der Waals surface area contributed by atoms with Crippen LogP contribution >= 0.6 is 0 Å². The molecule has 1 aromatic heterocycles. The minimum Gasteiger partial charge on any atom is -0.208 e. The van der Waals surface area contributed by atoms with E-state index in [9.17, 15) is 0 Å². The molecule has 280 valence electrons. The molecule has 0 unspecified atom stereocenters. The van der Waals surface area contributed by atoms with Crippen molar-refractivity contribution in [2.75, 3.05) is 0 Å². The van der Waals surface area contributed by atoms with Crippen molar-refractivity contribution in [2.24, 2.45) is 0 Å². The molecule has 60 heavy (non-hydrogen) atoms. The van der Waals surface area contributed by atoms with E-state index >= 15 is 0 Å². The van der Waals surface area contributed by atoms with E-state index in [4.69, 9.17) is 15.0 Å². The number of hydrogen-bond acceptors (Lipinski definition) is 3. The van der Waals surface area contributed by atoms with Crippen molar-refractivity contribution in [1.82, 2.24) is 15.0 Å². The van der Waals surface area contributed by atoms with Crippen molar-refractivity contribution < 1.29 is 0 Å². The normalized spacial score (nSPS) is 11.3. The molecule has 0 spiro atoms. The third kappa shape index (κ3) is 6.68. The van der Waals surface area contributed by atoms with Gasteiger partial charge in [-0.1, -0.05) is 206 Å². The minimum absolute atomic E-state index is 0.630. The summed E-state index contributed by atoms with van der Waals surface area (Å²) in [6.45, 7) is 0. The monoisotopic (exact) mass is 763 g/mol. The molecule has 10 aromatic carbocycles. The van der Waals surface area contributed by atoms with Crippen LogP contribution in [-0.4, -0.2) is 15.0 Å². The van der Waals surface area contributed by atoms with Crippen molar-refractivity contribution >= 4 is 32.3 Å². The molecule has 11 rings (SSSR count). The Bertz CT molecular complexity index is 3330. The van der Waals surface area contributed by atoms with Gasteiger partial charge >= 0.3 is 0 Å². The fourth-order valence-corrected chi connectivity index (χ4v) is 8.38. The zero-order valence-electron chi connectivity index (χ0n) is 32.7. The maximum atomic E-state index is 5.15. The maximum absolute atomic E-state index is 5.15. The highest BCUT2D eigenvalue weighted by Crippen LogP contribution is 2.35. The Morgan fingerprint density at radius 3 is 1.23 bits per heavy atom. The zero-order chi connectivity index (χ0) is 39.8. The van der Waals surface area contributed by atoms with E-state index in [0.717, 1.165) is 38.6 Å². The first kappa shape index (κ1) is 35.2. The summed E-state index contributed by atoms with van der Waals surface area (Å²) in [5, 5.41) is 7.12. The highest BCUT2D eigenvalue weighted by atomic mass is 15.0. The Balaban J connectivity index is 0.974.